The third-order valence-corrected chi connectivity index (χ3v) is 1.92. The van der Waals surface area contributed by atoms with Gasteiger partial charge in [0.05, 0.1) is 11.9 Å². The molecule has 0 saturated carbocycles. The second kappa shape index (κ2) is 2.89. The van der Waals surface area contributed by atoms with Gasteiger partial charge in [-0.15, -0.1) is 0 Å². The fourth-order valence-corrected chi connectivity index (χ4v) is 1.27. The number of aromatic amines is 2. The first-order valence-corrected chi connectivity index (χ1v) is 4.01. The smallest absolute Gasteiger partial charge is 0.149 e. The van der Waals surface area contributed by atoms with Crippen LogP contribution in [0.1, 0.15) is 12.5 Å². The molecular formula is C7H10N6. The molecule has 2 rings (SSSR count). The Bertz CT molecular complexity index is 387. The van der Waals surface area contributed by atoms with Gasteiger partial charge in [0.1, 0.15) is 11.5 Å². The molecule has 68 valence electrons. The molecule has 13 heavy (non-hydrogen) atoms. The molecule has 0 radical (unpaired) electrons. The number of nitrogen functional groups attached to an aromatic ring is 1. The Morgan fingerprint density at radius 1 is 1.46 bits per heavy atom. The lowest BCUT2D eigenvalue weighted by Gasteiger charge is -1.95. The van der Waals surface area contributed by atoms with E-state index in [1.807, 2.05) is 6.92 Å². The molecule has 2 aromatic rings. The minimum atomic E-state index is 0.528. The van der Waals surface area contributed by atoms with Crippen molar-refractivity contribution in [1.82, 2.24) is 25.6 Å². The third-order valence-electron chi connectivity index (χ3n) is 1.92. The summed E-state index contributed by atoms with van der Waals surface area (Å²) in [6.45, 7) is 2.02. The predicted octanol–water partition coefficient (Wildman–Crippen LogP) is 0.339. The van der Waals surface area contributed by atoms with E-state index in [0.29, 0.717) is 5.82 Å². The molecule has 0 fully saturated rings. The normalized spacial score (nSPS) is 10.5. The summed E-state index contributed by atoms with van der Waals surface area (Å²) in [5.74, 6) is 0.528. The number of anilines is 1. The average molecular weight is 178 g/mol. The Labute approximate surface area is 74.5 Å². The van der Waals surface area contributed by atoms with Gasteiger partial charge < -0.3 is 5.73 Å². The van der Waals surface area contributed by atoms with Crippen molar-refractivity contribution in [3.8, 4) is 11.4 Å². The lowest BCUT2D eigenvalue weighted by atomic mass is 10.1. The maximum absolute atomic E-state index is 5.66. The van der Waals surface area contributed by atoms with Crippen LogP contribution in [0, 0.1) is 0 Å². The maximum Gasteiger partial charge on any atom is 0.149 e. The standard InChI is InChI=1S/C7H10N6/c1-2-4-6(11-12-7(4)8)5-3-9-13-10-5/h3H,2H2,1H3,(H3,8,11,12)(H,9,10,13). The molecule has 0 spiro atoms. The molecule has 0 aromatic carbocycles. The van der Waals surface area contributed by atoms with Gasteiger partial charge in [-0.3, -0.25) is 5.10 Å². The molecule has 0 amide bonds. The molecule has 4 N–H and O–H groups in total. The van der Waals surface area contributed by atoms with Gasteiger partial charge in [0.25, 0.3) is 0 Å². The van der Waals surface area contributed by atoms with Gasteiger partial charge in [0.2, 0.25) is 0 Å². The van der Waals surface area contributed by atoms with Crippen molar-refractivity contribution < 1.29 is 0 Å². The second-order valence-electron chi connectivity index (χ2n) is 2.67. The lowest BCUT2D eigenvalue weighted by Crippen LogP contribution is -1.90. The van der Waals surface area contributed by atoms with Crippen LogP contribution < -0.4 is 5.73 Å². The highest BCUT2D eigenvalue weighted by Gasteiger charge is 2.12. The Morgan fingerprint density at radius 2 is 2.31 bits per heavy atom. The van der Waals surface area contributed by atoms with Gasteiger partial charge in [0, 0.05) is 5.56 Å². The Balaban J connectivity index is 2.52. The van der Waals surface area contributed by atoms with Crippen molar-refractivity contribution in [3.63, 3.8) is 0 Å². The van der Waals surface area contributed by atoms with E-state index in [-0.39, 0.29) is 0 Å². The number of hydrogen-bond acceptors (Lipinski definition) is 4. The third kappa shape index (κ3) is 1.16. The monoisotopic (exact) mass is 178 g/mol. The fourth-order valence-electron chi connectivity index (χ4n) is 1.27. The Kier molecular flexibility index (Phi) is 1.73. The number of aromatic nitrogens is 5. The van der Waals surface area contributed by atoms with Gasteiger partial charge in [0.15, 0.2) is 0 Å². The van der Waals surface area contributed by atoms with Crippen molar-refractivity contribution in [1.29, 1.82) is 0 Å². The fraction of sp³-hybridized carbons (Fsp3) is 0.286. The summed E-state index contributed by atoms with van der Waals surface area (Å²) in [5, 5.41) is 16.9. The van der Waals surface area contributed by atoms with Crippen LogP contribution in [0.25, 0.3) is 11.4 Å². The van der Waals surface area contributed by atoms with Crippen molar-refractivity contribution in [2.75, 3.05) is 5.73 Å². The van der Waals surface area contributed by atoms with E-state index in [9.17, 15) is 0 Å². The van der Waals surface area contributed by atoms with E-state index in [4.69, 9.17) is 5.73 Å². The molecule has 6 heteroatoms. The zero-order chi connectivity index (χ0) is 9.26. The molecule has 0 saturated heterocycles. The van der Waals surface area contributed by atoms with Crippen LogP contribution in [-0.4, -0.2) is 25.6 Å². The van der Waals surface area contributed by atoms with Gasteiger partial charge in [-0.05, 0) is 6.42 Å². The van der Waals surface area contributed by atoms with Gasteiger partial charge in [-0.2, -0.15) is 20.5 Å². The van der Waals surface area contributed by atoms with Gasteiger partial charge in [-0.1, -0.05) is 6.92 Å². The van der Waals surface area contributed by atoms with E-state index < -0.39 is 0 Å². The topological polar surface area (TPSA) is 96.3 Å². The quantitative estimate of drug-likeness (QED) is 0.617. The summed E-state index contributed by atoms with van der Waals surface area (Å²) in [6, 6.07) is 0. The summed E-state index contributed by atoms with van der Waals surface area (Å²) in [7, 11) is 0. The van der Waals surface area contributed by atoms with Crippen molar-refractivity contribution in [2.45, 2.75) is 13.3 Å². The SMILES string of the molecule is CCc1c(N)n[nH]c1-c1cn[nH]n1. The minimum Gasteiger partial charge on any atom is -0.382 e. The Morgan fingerprint density at radius 3 is 2.92 bits per heavy atom. The second-order valence-corrected chi connectivity index (χ2v) is 2.67. The number of hydrogen-bond donors (Lipinski definition) is 3. The zero-order valence-corrected chi connectivity index (χ0v) is 7.20. The molecular weight excluding hydrogens is 168 g/mol. The van der Waals surface area contributed by atoms with E-state index in [1.165, 1.54) is 0 Å². The maximum atomic E-state index is 5.66. The molecule has 2 aromatic heterocycles. The summed E-state index contributed by atoms with van der Waals surface area (Å²) in [6.07, 6.45) is 2.46. The van der Waals surface area contributed by atoms with Crippen LogP contribution in [0.3, 0.4) is 0 Å². The van der Waals surface area contributed by atoms with Crippen LogP contribution >= 0.6 is 0 Å². The van der Waals surface area contributed by atoms with Crippen LogP contribution in [0.5, 0.6) is 0 Å². The van der Waals surface area contributed by atoms with Crippen LogP contribution in [-0.2, 0) is 6.42 Å². The highest BCUT2D eigenvalue weighted by Crippen LogP contribution is 2.22. The highest BCUT2D eigenvalue weighted by atomic mass is 15.3. The zero-order valence-electron chi connectivity index (χ0n) is 7.20. The molecule has 0 aliphatic heterocycles. The lowest BCUT2D eigenvalue weighted by molar-refractivity contribution is 0.939. The summed E-state index contributed by atoms with van der Waals surface area (Å²) in [5.41, 5.74) is 8.22. The molecule has 0 unspecified atom stereocenters. The number of rotatable bonds is 2. The number of H-pyrrole nitrogens is 2. The molecule has 0 aliphatic carbocycles. The largest absolute Gasteiger partial charge is 0.382 e. The first kappa shape index (κ1) is 7.78. The first-order chi connectivity index (χ1) is 6.33. The van der Waals surface area contributed by atoms with E-state index >= 15 is 0 Å². The van der Waals surface area contributed by atoms with E-state index in [1.54, 1.807) is 6.20 Å². The van der Waals surface area contributed by atoms with Crippen LogP contribution in [0.2, 0.25) is 0 Å². The molecule has 6 nitrogen and oxygen atoms in total. The van der Waals surface area contributed by atoms with Gasteiger partial charge in [-0.25, -0.2) is 0 Å². The highest BCUT2D eigenvalue weighted by molar-refractivity contribution is 5.63. The van der Waals surface area contributed by atoms with E-state index in [2.05, 4.69) is 25.6 Å². The van der Waals surface area contributed by atoms with Crippen molar-refractivity contribution >= 4 is 5.82 Å². The molecule has 2 heterocycles. The summed E-state index contributed by atoms with van der Waals surface area (Å²) >= 11 is 0. The van der Waals surface area contributed by atoms with Crippen LogP contribution in [0.4, 0.5) is 5.82 Å². The minimum absolute atomic E-state index is 0.528. The molecule has 0 atom stereocenters. The first-order valence-electron chi connectivity index (χ1n) is 4.01. The average Bonchev–Trinajstić information content (AvgIpc) is 2.71. The number of nitrogens with two attached hydrogens (primary N) is 1. The molecule has 0 bridgehead atoms. The predicted molar refractivity (Wildman–Crippen MR) is 47.8 cm³/mol. The number of nitrogens with zero attached hydrogens (tertiary/aromatic N) is 3. The van der Waals surface area contributed by atoms with Crippen molar-refractivity contribution in [2.24, 2.45) is 0 Å². The van der Waals surface area contributed by atoms with Crippen molar-refractivity contribution in [3.05, 3.63) is 11.8 Å². The number of nitrogens with one attached hydrogen (secondary N) is 2. The van der Waals surface area contributed by atoms with E-state index in [0.717, 1.165) is 23.4 Å². The van der Waals surface area contributed by atoms with Crippen LogP contribution in [0.15, 0.2) is 6.20 Å². The Hall–Kier alpha value is -1.85. The summed E-state index contributed by atoms with van der Waals surface area (Å²) < 4.78 is 0. The summed E-state index contributed by atoms with van der Waals surface area (Å²) in [4.78, 5) is 0. The molecule has 0 aliphatic rings. The van der Waals surface area contributed by atoms with Gasteiger partial charge >= 0.3 is 0 Å².